The minimum atomic E-state index is -0.743. The molecule has 0 aromatic heterocycles. The van der Waals surface area contributed by atoms with Gasteiger partial charge in [-0.05, 0) is 52.4 Å². The molecular formula is C24H16N2O3. The van der Waals surface area contributed by atoms with Gasteiger partial charge in [0, 0.05) is 0 Å². The number of hydrogen-bond acceptors (Lipinski definition) is 3. The lowest BCUT2D eigenvalue weighted by molar-refractivity contribution is -0.122. The van der Waals surface area contributed by atoms with Gasteiger partial charge in [-0.3, -0.25) is 14.9 Å². The average Bonchev–Trinajstić information content (AvgIpc) is 3.09. The molecular weight excluding hydrogens is 364 g/mol. The van der Waals surface area contributed by atoms with E-state index in [4.69, 9.17) is 0 Å². The summed E-state index contributed by atoms with van der Waals surface area (Å²) < 4.78 is 0. The Labute approximate surface area is 167 Å². The van der Waals surface area contributed by atoms with Crippen molar-refractivity contribution in [1.82, 2.24) is 5.32 Å². The van der Waals surface area contributed by atoms with Crippen LogP contribution in [0, 0.1) is 0 Å². The summed E-state index contributed by atoms with van der Waals surface area (Å²) in [5.74, 6) is -1.32. The Morgan fingerprint density at radius 1 is 0.793 bits per heavy atom. The van der Waals surface area contributed by atoms with E-state index in [0.29, 0.717) is 5.69 Å². The summed E-state index contributed by atoms with van der Waals surface area (Å²) in [5.41, 5.74) is 5.90. The van der Waals surface area contributed by atoms with Crippen LogP contribution in [0.15, 0.2) is 78.4 Å². The number of carbonyl (C=O) groups is 3. The Hall–Kier alpha value is -3.99. The highest BCUT2D eigenvalue weighted by Crippen LogP contribution is 2.37. The van der Waals surface area contributed by atoms with Crippen molar-refractivity contribution in [3.05, 3.63) is 95.1 Å². The normalized spacial score (nSPS) is 16.6. The van der Waals surface area contributed by atoms with Gasteiger partial charge in [0.1, 0.15) is 5.57 Å². The van der Waals surface area contributed by atoms with Crippen molar-refractivity contribution < 1.29 is 14.4 Å². The highest BCUT2D eigenvalue weighted by Gasteiger charge is 2.36. The van der Waals surface area contributed by atoms with Crippen LogP contribution in [0.2, 0.25) is 0 Å². The third kappa shape index (κ3) is 2.84. The van der Waals surface area contributed by atoms with E-state index in [1.54, 1.807) is 36.4 Å². The first kappa shape index (κ1) is 17.1. The lowest BCUT2D eigenvalue weighted by Crippen LogP contribution is -2.54. The number of anilines is 1. The van der Waals surface area contributed by atoms with Gasteiger partial charge in [-0.2, -0.15) is 0 Å². The number of barbiturate groups is 1. The van der Waals surface area contributed by atoms with Crippen molar-refractivity contribution in [3.8, 4) is 11.1 Å². The zero-order valence-corrected chi connectivity index (χ0v) is 15.4. The van der Waals surface area contributed by atoms with Gasteiger partial charge in [-0.1, -0.05) is 60.7 Å². The second-order valence-corrected chi connectivity index (χ2v) is 7.04. The van der Waals surface area contributed by atoms with E-state index in [9.17, 15) is 14.4 Å². The van der Waals surface area contributed by atoms with Crippen molar-refractivity contribution >= 4 is 29.6 Å². The minimum absolute atomic E-state index is 0.0658. The molecule has 29 heavy (non-hydrogen) atoms. The molecule has 1 fully saturated rings. The number of amides is 4. The second-order valence-electron chi connectivity index (χ2n) is 7.04. The quantitative estimate of drug-likeness (QED) is 0.423. The van der Waals surface area contributed by atoms with Crippen LogP contribution in [0.4, 0.5) is 10.5 Å². The van der Waals surface area contributed by atoms with Gasteiger partial charge < -0.3 is 0 Å². The van der Waals surface area contributed by atoms with Crippen molar-refractivity contribution in [2.45, 2.75) is 6.42 Å². The van der Waals surface area contributed by atoms with E-state index >= 15 is 0 Å². The van der Waals surface area contributed by atoms with Crippen molar-refractivity contribution in [1.29, 1.82) is 0 Å². The van der Waals surface area contributed by atoms with Gasteiger partial charge in [-0.15, -0.1) is 0 Å². The summed E-state index contributed by atoms with van der Waals surface area (Å²) in [6.07, 6.45) is 2.36. The number of para-hydroxylation sites is 1. The Bertz CT molecular complexity index is 1210. The number of nitrogens with zero attached hydrogens (tertiary/aromatic N) is 1. The Morgan fingerprint density at radius 3 is 2.34 bits per heavy atom. The van der Waals surface area contributed by atoms with Crippen LogP contribution in [-0.4, -0.2) is 17.8 Å². The maximum absolute atomic E-state index is 12.9. The first-order valence-corrected chi connectivity index (χ1v) is 9.29. The SMILES string of the molecule is O=C1NC(=O)N(c2ccccc2)C(=O)C1=Cc1ccc2c(c1)Cc1ccccc1-2. The van der Waals surface area contributed by atoms with E-state index in [1.807, 2.05) is 30.3 Å². The number of urea groups is 1. The highest BCUT2D eigenvalue weighted by molar-refractivity contribution is 6.39. The second kappa shape index (κ2) is 6.56. The van der Waals surface area contributed by atoms with Gasteiger partial charge >= 0.3 is 6.03 Å². The molecule has 3 aromatic rings. The number of benzene rings is 3. The molecule has 4 amide bonds. The number of carbonyl (C=O) groups excluding carboxylic acids is 3. The largest absolute Gasteiger partial charge is 0.335 e. The molecule has 1 saturated heterocycles. The molecule has 140 valence electrons. The van der Waals surface area contributed by atoms with Crippen molar-refractivity contribution in [3.63, 3.8) is 0 Å². The number of fused-ring (bicyclic) bond motifs is 3. The van der Waals surface area contributed by atoms with E-state index in [0.717, 1.165) is 22.4 Å². The lowest BCUT2D eigenvalue weighted by Gasteiger charge is -2.26. The summed E-state index contributed by atoms with van der Waals surface area (Å²) in [7, 11) is 0. The third-order valence-electron chi connectivity index (χ3n) is 5.24. The van der Waals surface area contributed by atoms with Crippen LogP contribution in [0.1, 0.15) is 16.7 Å². The number of nitrogens with one attached hydrogen (secondary N) is 1. The standard InChI is InChI=1S/C24H16N2O3/c27-22-21(23(28)26(24(29)25-22)18-7-2-1-3-8-18)13-15-10-11-20-17(12-15)14-16-6-4-5-9-19(16)20/h1-13H,14H2,(H,25,27,29). The smallest absolute Gasteiger partial charge is 0.273 e. The van der Waals surface area contributed by atoms with Crippen LogP contribution >= 0.6 is 0 Å². The lowest BCUT2D eigenvalue weighted by atomic mass is 10.0. The Morgan fingerprint density at radius 2 is 1.52 bits per heavy atom. The van der Waals surface area contributed by atoms with Crippen molar-refractivity contribution in [2.75, 3.05) is 4.90 Å². The fraction of sp³-hybridized carbons (Fsp3) is 0.0417. The molecule has 1 N–H and O–H groups in total. The number of hydrogen-bond donors (Lipinski definition) is 1. The van der Waals surface area contributed by atoms with Gasteiger partial charge in [-0.25, -0.2) is 9.69 Å². The van der Waals surface area contributed by atoms with Gasteiger partial charge in [0.05, 0.1) is 5.69 Å². The summed E-state index contributed by atoms with van der Waals surface area (Å²) in [6, 6.07) is 21.9. The molecule has 0 spiro atoms. The zero-order valence-electron chi connectivity index (χ0n) is 15.4. The maximum Gasteiger partial charge on any atom is 0.335 e. The molecule has 5 rings (SSSR count). The van der Waals surface area contributed by atoms with Gasteiger partial charge in [0.25, 0.3) is 11.8 Å². The predicted molar refractivity (Wildman–Crippen MR) is 110 cm³/mol. The Kier molecular flexibility index (Phi) is 3.88. The summed E-state index contributed by atoms with van der Waals surface area (Å²) in [4.78, 5) is 38.5. The van der Waals surface area contributed by atoms with Crippen molar-refractivity contribution in [2.24, 2.45) is 0 Å². The molecule has 0 atom stereocenters. The van der Waals surface area contributed by atoms with Gasteiger partial charge in [0.15, 0.2) is 0 Å². The molecule has 1 aliphatic heterocycles. The fourth-order valence-electron chi connectivity index (χ4n) is 3.89. The fourth-order valence-corrected chi connectivity index (χ4v) is 3.89. The average molecular weight is 380 g/mol. The molecule has 0 radical (unpaired) electrons. The first-order chi connectivity index (χ1) is 14.1. The number of rotatable bonds is 2. The van der Waals surface area contributed by atoms with Crippen LogP contribution in [0.25, 0.3) is 17.2 Å². The minimum Gasteiger partial charge on any atom is -0.273 e. The zero-order chi connectivity index (χ0) is 20.0. The van der Waals surface area contributed by atoms with Gasteiger partial charge in [0.2, 0.25) is 0 Å². The van der Waals surface area contributed by atoms with E-state index in [-0.39, 0.29) is 5.57 Å². The summed E-state index contributed by atoms with van der Waals surface area (Å²) in [6.45, 7) is 0. The molecule has 0 saturated carbocycles. The summed E-state index contributed by atoms with van der Waals surface area (Å²) in [5, 5.41) is 2.25. The third-order valence-corrected chi connectivity index (χ3v) is 5.24. The highest BCUT2D eigenvalue weighted by atomic mass is 16.2. The molecule has 0 bridgehead atoms. The van der Waals surface area contributed by atoms with E-state index in [2.05, 4.69) is 17.4 Å². The molecule has 0 unspecified atom stereocenters. The predicted octanol–water partition coefficient (Wildman–Crippen LogP) is 3.92. The molecule has 1 aliphatic carbocycles. The monoisotopic (exact) mass is 380 g/mol. The first-order valence-electron chi connectivity index (χ1n) is 9.29. The Balaban J connectivity index is 1.52. The van der Waals surface area contributed by atoms with E-state index < -0.39 is 17.8 Å². The van der Waals surface area contributed by atoms with Crippen LogP contribution in [0.3, 0.4) is 0 Å². The molecule has 1 heterocycles. The number of imide groups is 2. The van der Waals surface area contributed by atoms with Crippen LogP contribution < -0.4 is 10.2 Å². The molecule has 5 nitrogen and oxygen atoms in total. The van der Waals surface area contributed by atoms with Crippen LogP contribution in [-0.2, 0) is 16.0 Å². The maximum atomic E-state index is 12.9. The molecule has 3 aromatic carbocycles. The van der Waals surface area contributed by atoms with E-state index in [1.165, 1.54) is 16.7 Å². The van der Waals surface area contributed by atoms with Crippen LogP contribution in [0.5, 0.6) is 0 Å². The summed E-state index contributed by atoms with van der Waals surface area (Å²) >= 11 is 0. The topological polar surface area (TPSA) is 66.5 Å². The molecule has 2 aliphatic rings. The molecule has 5 heteroatoms.